The lowest BCUT2D eigenvalue weighted by Crippen LogP contribution is -2.23. The first-order chi connectivity index (χ1) is 7.48. The van der Waals surface area contributed by atoms with Gasteiger partial charge in [-0.1, -0.05) is 0 Å². The fourth-order valence-electron chi connectivity index (χ4n) is 1.77. The molecule has 1 heterocycles. The average molecular weight is 232 g/mol. The molecule has 2 rings (SSSR count). The maximum absolute atomic E-state index is 12.9. The van der Waals surface area contributed by atoms with Gasteiger partial charge in [-0.3, -0.25) is 0 Å². The zero-order chi connectivity index (χ0) is 11.8. The molecule has 1 aromatic heterocycles. The predicted molar refractivity (Wildman–Crippen MR) is 47.4 cm³/mol. The molecule has 0 atom stereocenters. The largest absolute Gasteiger partial charge is 0.474 e. The molecule has 0 spiro atoms. The Morgan fingerprint density at radius 1 is 1.38 bits per heavy atom. The van der Waals surface area contributed by atoms with Crippen molar-refractivity contribution in [2.75, 3.05) is 0 Å². The van der Waals surface area contributed by atoms with Gasteiger partial charge < -0.3 is 9.52 Å². The van der Waals surface area contributed by atoms with E-state index in [4.69, 9.17) is 9.52 Å². The zero-order valence-electron chi connectivity index (χ0n) is 8.32. The van der Waals surface area contributed by atoms with Gasteiger partial charge in [-0.15, -0.1) is 10.2 Å². The van der Waals surface area contributed by atoms with Gasteiger partial charge >= 0.3 is 11.9 Å². The summed E-state index contributed by atoms with van der Waals surface area (Å²) in [5.41, 5.74) is 0. The molecule has 0 bridgehead atoms. The number of aromatic nitrogens is 2. The maximum Gasteiger partial charge on any atom is 0.393 e. The molecule has 1 aliphatic carbocycles. The fourth-order valence-corrected chi connectivity index (χ4v) is 1.77. The summed E-state index contributed by atoms with van der Waals surface area (Å²) in [6, 6.07) is 0. The van der Waals surface area contributed by atoms with Crippen molar-refractivity contribution >= 4 is 5.97 Å². The van der Waals surface area contributed by atoms with Crippen molar-refractivity contribution in [3.63, 3.8) is 0 Å². The van der Waals surface area contributed by atoms with E-state index in [0.29, 0.717) is 0 Å². The standard InChI is InChI=1S/C9H10F2N2O3/c10-9(11)3-1-5(2-4-9)6-12-13-7(16-6)8(14)15/h5H,1-4H2,(H,14,15). The van der Waals surface area contributed by atoms with Crippen LogP contribution in [-0.2, 0) is 0 Å². The number of nitrogens with zero attached hydrogens (tertiary/aromatic N) is 2. The van der Waals surface area contributed by atoms with Crippen molar-refractivity contribution < 1.29 is 23.1 Å². The predicted octanol–water partition coefficient (Wildman–Crippen LogP) is 2.06. The highest BCUT2D eigenvalue weighted by Crippen LogP contribution is 2.40. The maximum atomic E-state index is 12.9. The lowest BCUT2D eigenvalue weighted by atomic mass is 9.87. The van der Waals surface area contributed by atoms with E-state index in [9.17, 15) is 13.6 Å². The Bertz CT molecular complexity index is 395. The summed E-state index contributed by atoms with van der Waals surface area (Å²) in [5, 5.41) is 15.5. The first-order valence-electron chi connectivity index (χ1n) is 4.92. The SMILES string of the molecule is O=C(O)c1nnc(C2CCC(F)(F)CC2)o1. The van der Waals surface area contributed by atoms with Crippen molar-refractivity contribution in [1.29, 1.82) is 0 Å². The highest BCUT2D eigenvalue weighted by atomic mass is 19.3. The lowest BCUT2D eigenvalue weighted by Gasteiger charge is -2.25. The molecule has 0 amide bonds. The van der Waals surface area contributed by atoms with Gasteiger partial charge in [-0.25, -0.2) is 13.6 Å². The third kappa shape index (κ3) is 2.17. The topological polar surface area (TPSA) is 76.2 Å². The highest BCUT2D eigenvalue weighted by molar-refractivity contribution is 5.81. The molecule has 16 heavy (non-hydrogen) atoms. The van der Waals surface area contributed by atoms with Gasteiger partial charge in [0, 0.05) is 18.8 Å². The number of alkyl halides is 2. The Morgan fingerprint density at radius 2 is 2.00 bits per heavy atom. The zero-order valence-corrected chi connectivity index (χ0v) is 8.32. The van der Waals surface area contributed by atoms with Crippen LogP contribution in [0.4, 0.5) is 8.78 Å². The van der Waals surface area contributed by atoms with E-state index in [1.54, 1.807) is 0 Å². The molecular weight excluding hydrogens is 222 g/mol. The number of carboxylic acids is 1. The second-order valence-electron chi connectivity index (χ2n) is 3.88. The quantitative estimate of drug-likeness (QED) is 0.844. The molecule has 1 aromatic rings. The molecule has 1 N–H and O–H groups in total. The van der Waals surface area contributed by atoms with E-state index in [-0.39, 0.29) is 37.5 Å². The Kier molecular flexibility index (Phi) is 2.61. The summed E-state index contributed by atoms with van der Waals surface area (Å²) < 4.78 is 30.6. The molecule has 0 saturated heterocycles. The Morgan fingerprint density at radius 3 is 2.50 bits per heavy atom. The average Bonchev–Trinajstić information content (AvgIpc) is 2.66. The van der Waals surface area contributed by atoms with Gasteiger partial charge in [0.15, 0.2) is 0 Å². The van der Waals surface area contributed by atoms with Gasteiger partial charge in [0.1, 0.15) is 0 Å². The number of halogens is 2. The van der Waals surface area contributed by atoms with Crippen molar-refractivity contribution in [2.24, 2.45) is 0 Å². The number of carboxylic acid groups (broad SMARTS) is 1. The van der Waals surface area contributed by atoms with Crippen LogP contribution in [0.5, 0.6) is 0 Å². The second kappa shape index (κ2) is 3.80. The van der Waals surface area contributed by atoms with Crippen LogP contribution in [0.25, 0.3) is 0 Å². The molecule has 88 valence electrons. The summed E-state index contributed by atoms with van der Waals surface area (Å²) in [5.74, 6) is -4.52. The van der Waals surface area contributed by atoms with Gasteiger partial charge in [0.2, 0.25) is 11.8 Å². The van der Waals surface area contributed by atoms with E-state index in [2.05, 4.69) is 10.2 Å². The van der Waals surface area contributed by atoms with Crippen LogP contribution in [-0.4, -0.2) is 27.2 Å². The van der Waals surface area contributed by atoms with Gasteiger partial charge in [-0.05, 0) is 12.8 Å². The Balaban J connectivity index is 2.05. The number of rotatable bonds is 2. The Hall–Kier alpha value is -1.53. The molecule has 0 unspecified atom stereocenters. The van der Waals surface area contributed by atoms with Crippen LogP contribution in [0, 0.1) is 0 Å². The van der Waals surface area contributed by atoms with Gasteiger partial charge in [-0.2, -0.15) is 0 Å². The van der Waals surface area contributed by atoms with Gasteiger partial charge in [0.05, 0.1) is 0 Å². The molecular formula is C9H10F2N2O3. The second-order valence-corrected chi connectivity index (χ2v) is 3.88. The van der Waals surface area contributed by atoms with E-state index in [1.165, 1.54) is 0 Å². The molecule has 7 heteroatoms. The fraction of sp³-hybridized carbons (Fsp3) is 0.667. The molecule has 0 aromatic carbocycles. The number of hydrogen-bond acceptors (Lipinski definition) is 4. The molecule has 5 nitrogen and oxygen atoms in total. The van der Waals surface area contributed by atoms with E-state index in [0.717, 1.165) is 0 Å². The van der Waals surface area contributed by atoms with E-state index >= 15 is 0 Å². The van der Waals surface area contributed by atoms with Crippen molar-refractivity contribution in [1.82, 2.24) is 10.2 Å². The van der Waals surface area contributed by atoms with E-state index < -0.39 is 17.8 Å². The number of hydrogen-bond donors (Lipinski definition) is 1. The summed E-state index contributed by atoms with van der Waals surface area (Å²) in [6.07, 6.45) is 0.0490. The van der Waals surface area contributed by atoms with Gasteiger partial charge in [0.25, 0.3) is 0 Å². The van der Waals surface area contributed by atoms with Crippen LogP contribution in [0.2, 0.25) is 0 Å². The number of aromatic carboxylic acids is 1. The van der Waals surface area contributed by atoms with Crippen LogP contribution in [0.15, 0.2) is 4.42 Å². The summed E-state index contributed by atoms with van der Waals surface area (Å²) in [4.78, 5) is 10.5. The smallest absolute Gasteiger partial charge is 0.393 e. The van der Waals surface area contributed by atoms with Crippen molar-refractivity contribution in [2.45, 2.75) is 37.5 Å². The third-order valence-electron chi connectivity index (χ3n) is 2.69. The Labute approximate surface area is 89.5 Å². The summed E-state index contributed by atoms with van der Waals surface area (Å²) in [6.45, 7) is 0. The molecule has 0 aliphatic heterocycles. The molecule has 1 saturated carbocycles. The molecule has 1 aliphatic rings. The monoisotopic (exact) mass is 232 g/mol. The molecule has 0 radical (unpaired) electrons. The lowest BCUT2D eigenvalue weighted by molar-refractivity contribution is -0.0399. The minimum absolute atomic E-state index is 0.146. The van der Waals surface area contributed by atoms with Crippen molar-refractivity contribution in [3.8, 4) is 0 Å². The minimum Gasteiger partial charge on any atom is -0.474 e. The number of carbonyl (C=O) groups is 1. The van der Waals surface area contributed by atoms with Crippen LogP contribution in [0.1, 0.15) is 48.2 Å². The van der Waals surface area contributed by atoms with Crippen LogP contribution < -0.4 is 0 Å². The molecule has 1 fully saturated rings. The summed E-state index contributed by atoms with van der Waals surface area (Å²) >= 11 is 0. The normalized spacial score (nSPS) is 20.9. The first-order valence-corrected chi connectivity index (χ1v) is 4.92. The highest BCUT2D eigenvalue weighted by Gasteiger charge is 2.37. The van der Waals surface area contributed by atoms with Crippen molar-refractivity contribution in [3.05, 3.63) is 11.8 Å². The van der Waals surface area contributed by atoms with E-state index in [1.807, 2.05) is 0 Å². The van der Waals surface area contributed by atoms with Crippen LogP contribution in [0.3, 0.4) is 0 Å². The minimum atomic E-state index is -2.62. The third-order valence-corrected chi connectivity index (χ3v) is 2.69. The summed E-state index contributed by atoms with van der Waals surface area (Å²) in [7, 11) is 0. The van der Waals surface area contributed by atoms with Crippen LogP contribution >= 0.6 is 0 Å². The first kappa shape index (κ1) is 11.0.